The van der Waals surface area contributed by atoms with E-state index in [9.17, 15) is 18.0 Å². The Balaban J connectivity index is 1.08. The van der Waals surface area contributed by atoms with Gasteiger partial charge in [0.1, 0.15) is 10.4 Å². The molecular formula is C51H57Cl2N7O4S. The number of nitrogens with one attached hydrogen (secondary N) is 1. The highest BCUT2D eigenvalue weighted by molar-refractivity contribution is 7.89. The molecule has 0 spiro atoms. The number of halogens is 2. The Bertz CT molecular complexity index is 2480. The first-order valence-corrected chi connectivity index (χ1v) is 24.6. The maximum absolute atomic E-state index is 14.1. The van der Waals surface area contributed by atoms with Crippen molar-refractivity contribution in [2.24, 2.45) is 0 Å². The first-order valence-electron chi connectivity index (χ1n) is 22.4. The number of hydrogen-bond donors (Lipinski definition) is 1. The monoisotopic (exact) mass is 933 g/mol. The van der Waals surface area contributed by atoms with Crippen molar-refractivity contribution >= 4 is 45.0 Å². The van der Waals surface area contributed by atoms with E-state index in [4.69, 9.17) is 28.2 Å². The largest absolute Gasteiger partial charge is 0.346 e. The summed E-state index contributed by atoms with van der Waals surface area (Å²) >= 11 is 12.8. The zero-order chi connectivity index (χ0) is 45.7. The molecule has 11 nitrogen and oxygen atoms in total. The van der Waals surface area contributed by atoms with E-state index in [1.54, 1.807) is 25.4 Å². The smallest absolute Gasteiger partial charge is 0.245 e. The topological polar surface area (TPSA) is 121 Å². The number of carbonyl (C=O) groups excluding carboxylic acids is 2. The van der Waals surface area contributed by atoms with Crippen LogP contribution < -0.4 is 5.32 Å². The summed E-state index contributed by atoms with van der Waals surface area (Å²) in [6.07, 6.45) is 12.9. The number of carbonyl (C=O) groups is 2. The molecule has 1 aliphatic heterocycles. The van der Waals surface area contributed by atoms with Crippen LogP contribution in [0.2, 0.25) is 10.0 Å². The van der Waals surface area contributed by atoms with Gasteiger partial charge in [0.15, 0.2) is 0 Å². The van der Waals surface area contributed by atoms with E-state index < -0.39 is 28.0 Å². The number of imidazole rings is 1. The third-order valence-corrected chi connectivity index (χ3v) is 15.1. The molecule has 1 saturated heterocycles. The van der Waals surface area contributed by atoms with Crippen molar-refractivity contribution < 1.29 is 18.0 Å². The Hall–Kier alpha value is -5.37. The molecule has 1 aliphatic rings. The van der Waals surface area contributed by atoms with E-state index in [0.717, 1.165) is 64.7 Å². The van der Waals surface area contributed by atoms with Gasteiger partial charge in [-0.1, -0.05) is 120 Å². The first-order chi connectivity index (χ1) is 31.6. The number of aryl methyl sites for hydroxylation is 1. The average Bonchev–Trinajstić information content (AvgIpc) is 4.04. The van der Waals surface area contributed by atoms with Crippen LogP contribution in [0.25, 0.3) is 0 Å². The van der Waals surface area contributed by atoms with E-state index >= 15 is 0 Å². The van der Waals surface area contributed by atoms with E-state index in [1.165, 1.54) is 25.0 Å². The van der Waals surface area contributed by atoms with Crippen LogP contribution in [0.15, 0.2) is 145 Å². The summed E-state index contributed by atoms with van der Waals surface area (Å²) in [5.74, 6) is -0.840. The molecule has 3 heterocycles. The predicted molar refractivity (Wildman–Crippen MR) is 258 cm³/mol. The van der Waals surface area contributed by atoms with Gasteiger partial charge < -0.3 is 19.7 Å². The average molecular weight is 935 g/mol. The Morgan fingerprint density at radius 3 is 1.98 bits per heavy atom. The molecule has 0 unspecified atom stereocenters. The molecule has 0 radical (unpaired) electrons. The molecule has 0 saturated carbocycles. The highest BCUT2D eigenvalue weighted by atomic mass is 35.5. The van der Waals surface area contributed by atoms with E-state index in [2.05, 4.69) is 92.6 Å². The van der Waals surface area contributed by atoms with Gasteiger partial charge in [-0.15, -0.1) is 0 Å². The molecule has 4 aromatic carbocycles. The SMILES string of the molecule is Cc1c(Cl)ccc(S(=O)(=O)N(CCc2cccnc2)CC(=O)NCC(=O)N(CCCCN2CCCC2)CCCc2cncn2C(c2ccccc2)(c2ccccc2)c2ccccc2)c1Cl. The second-order valence-corrected chi connectivity index (χ2v) is 19.2. The standard InChI is InChI=1S/C51H57Cl2N7O4S/c1-40-46(52)25-26-47(50(40)53)65(63,64)59(34-27-41-17-15-28-54-35-41)38-48(61)56-37-49(62)58(32-14-13-31-57-29-11-12-30-57)33-16-24-45-36-55-39-60(45)51(42-18-5-2-6-19-42,43-20-7-3-8-21-43)44-22-9-4-10-23-44/h2-10,15,17-23,25-26,28,35-36,39H,11-14,16,24,27,29-34,37-38H2,1H3,(H,56,61). The molecule has 0 atom stereocenters. The lowest BCUT2D eigenvalue weighted by Gasteiger charge is -2.38. The quantitative estimate of drug-likeness (QED) is 0.0537. The Labute approximate surface area is 393 Å². The third-order valence-electron chi connectivity index (χ3n) is 12.2. The first kappa shape index (κ1) is 47.6. The van der Waals surface area contributed by atoms with Crippen LogP contribution in [0.3, 0.4) is 0 Å². The number of likely N-dealkylation sites (tertiary alicyclic amines) is 1. The minimum Gasteiger partial charge on any atom is -0.346 e. The van der Waals surface area contributed by atoms with Crippen molar-refractivity contribution in [2.45, 2.75) is 62.3 Å². The number of benzene rings is 4. The molecule has 1 fully saturated rings. The van der Waals surface area contributed by atoms with Crippen LogP contribution >= 0.6 is 23.2 Å². The van der Waals surface area contributed by atoms with Crippen molar-refractivity contribution in [1.82, 2.24) is 34.0 Å². The van der Waals surface area contributed by atoms with Crippen LogP contribution in [0.5, 0.6) is 0 Å². The van der Waals surface area contributed by atoms with Crippen molar-refractivity contribution in [1.29, 1.82) is 0 Å². The predicted octanol–water partition coefficient (Wildman–Crippen LogP) is 8.42. The van der Waals surface area contributed by atoms with Gasteiger partial charge >= 0.3 is 0 Å². The number of sulfonamides is 1. The van der Waals surface area contributed by atoms with Crippen LogP contribution in [-0.2, 0) is 38.0 Å². The van der Waals surface area contributed by atoms with E-state index in [-0.39, 0.29) is 28.9 Å². The number of nitrogens with zero attached hydrogens (tertiary/aromatic N) is 6. The lowest BCUT2D eigenvalue weighted by Crippen LogP contribution is -2.46. The van der Waals surface area contributed by atoms with Crippen LogP contribution in [-0.4, -0.2) is 101 Å². The number of amides is 2. The van der Waals surface area contributed by atoms with Gasteiger partial charge in [0.05, 0.1) is 24.4 Å². The summed E-state index contributed by atoms with van der Waals surface area (Å²) in [4.78, 5) is 40.8. The van der Waals surface area contributed by atoms with Crippen LogP contribution in [0.4, 0.5) is 0 Å². The summed E-state index contributed by atoms with van der Waals surface area (Å²) in [5, 5.41) is 3.07. The molecule has 6 aromatic rings. The Kier molecular flexibility index (Phi) is 16.6. The van der Waals surface area contributed by atoms with E-state index in [1.807, 2.05) is 41.7 Å². The fraction of sp³-hybridized carbons (Fsp3) is 0.333. The molecule has 0 aliphatic carbocycles. The lowest BCUT2D eigenvalue weighted by atomic mass is 9.76. The fourth-order valence-corrected chi connectivity index (χ4v) is 11.0. The van der Waals surface area contributed by atoms with Gasteiger partial charge in [0.2, 0.25) is 21.8 Å². The molecule has 65 heavy (non-hydrogen) atoms. The van der Waals surface area contributed by atoms with Crippen LogP contribution in [0.1, 0.15) is 65.6 Å². The van der Waals surface area contributed by atoms with Gasteiger partial charge in [0.25, 0.3) is 0 Å². The Morgan fingerprint density at radius 1 is 0.738 bits per heavy atom. The molecule has 2 amide bonds. The second kappa shape index (κ2) is 22.7. The molecule has 0 bridgehead atoms. The summed E-state index contributed by atoms with van der Waals surface area (Å²) in [7, 11) is -4.26. The maximum Gasteiger partial charge on any atom is 0.245 e. The zero-order valence-electron chi connectivity index (χ0n) is 36.9. The summed E-state index contributed by atoms with van der Waals surface area (Å²) in [6.45, 7) is 5.02. The molecule has 2 aromatic heterocycles. The van der Waals surface area contributed by atoms with E-state index in [0.29, 0.717) is 42.9 Å². The van der Waals surface area contributed by atoms with Gasteiger partial charge in [-0.2, -0.15) is 4.31 Å². The summed E-state index contributed by atoms with van der Waals surface area (Å²) in [6, 6.07) is 37.8. The molecule has 340 valence electrons. The number of rotatable bonds is 22. The highest BCUT2D eigenvalue weighted by Gasteiger charge is 2.39. The minimum absolute atomic E-state index is 0.00576. The van der Waals surface area contributed by atoms with Gasteiger partial charge in [-0.3, -0.25) is 14.6 Å². The number of hydrogen-bond acceptors (Lipinski definition) is 7. The van der Waals surface area contributed by atoms with Crippen molar-refractivity contribution in [3.05, 3.63) is 184 Å². The highest BCUT2D eigenvalue weighted by Crippen LogP contribution is 2.42. The van der Waals surface area contributed by atoms with Crippen LogP contribution in [0, 0.1) is 6.92 Å². The van der Waals surface area contributed by atoms with Crippen molar-refractivity contribution in [3.8, 4) is 0 Å². The minimum atomic E-state index is -4.26. The molecule has 7 rings (SSSR count). The summed E-state index contributed by atoms with van der Waals surface area (Å²) < 4.78 is 31.6. The lowest BCUT2D eigenvalue weighted by molar-refractivity contribution is -0.133. The zero-order valence-corrected chi connectivity index (χ0v) is 39.2. The summed E-state index contributed by atoms with van der Waals surface area (Å²) in [5.41, 5.74) is 4.80. The molecular weight excluding hydrogens is 878 g/mol. The fourth-order valence-electron chi connectivity index (χ4n) is 8.78. The molecule has 14 heteroatoms. The second-order valence-electron chi connectivity index (χ2n) is 16.5. The third kappa shape index (κ3) is 11.5. The Morgan fingerprint density at radius 2 is 1.37 bits per heavy atom. The van der Waals surface area contributed by atoms with Gasteiger partial charge in [0, 0.05) is 48.9 Å². The van der Waals surface area contributed by atoms with Gasteiger partial charge in [-0.25, -0.2) is 13.4 Å². The molecule has 1 N–H and O–H groups in total. The van der Waals surface area contributed by atoms with Crippen molar-refractivity contribution in [3.63, 3.8) is 0 Å². The number of aromatic nitrogens is 3. The normalized spacial score (nSPS) is 13.3. The number of unbranched alkanes of at least 4 members (excludes halogenated alkanes) is 1. The van der Waals surface area contributed by atoms with Gasteiger partial charge in [-0.05, 0) is 118 Å². The van der Waals surface area contributed by atoms with Crippen molar-refractivity contribution in [2.75, 3.05) is 52.4 Å². The number of pyridine rings is 1. The maximum atomic E-state index is 14.1.